The average molecular weight is 761 g/mol. The normalized spacial score (nSPS) is 15.0. The van der Waals surface area contributed by atoms with E-state index in [4.69, 9.17) is 0 Å². The molecule has 0 radical (unpaired) electrons. The van der Waals surface area contributed by atoms with Gasteiger partial charge in [0, 0.05) is 34.9 Å². The highest BCUT2D eigenvalue weighted by Crippen LogP contribution is 2.58. The van der Waals surface area contributed by atoms with Crippen LogP contribution >= 0.6 is 0 Å². The summed E-state index contributed by atoms with van der Waals surface area (Å²) in [4.78, 5) is 7.34. The van der Waals surface area contributed by atoms with E-state index in [0.29, 0.717) is 102 Å². The minimum atomic E-state index is -0.540. The van der Waals surface area contributed by atoms with Crippen molar-refractivity contribution in [2.24, 2.45) is 0 Å². The summed E-state index contributed by atoms with van der Waals surface area (Å²) >= 11 is 0. The fourth-order valence-corrected chi connectivity index (χ4v) is 8.04. The molecule has 8 rings (SSSR count). The topological polar surface area (TPSA) is 13.0 Å². The standard InChI is InChI=1S/C46H38F6N4/c1-23-13-33(14-24(2)41(23)49)53-37-11-9-31(47)21-39(37)55(35-17-27(5)43(51)28(6)18-35)45(53)46-54(34-15-25(3)42(50)26(4)16-34)38-12-10-32(48)22-40(38)56(46)36-19-29(7)44(52)30(8)20-36/h9-22H,1-8H3/b46-45+. The van der Waals surface area contributed by atoms with Crippen LogP contribution < -0.4 is 19.6 Å². The fourth-order valence-electron chi connectivity index (χ4n) is 8.04. The lowest BCUT2D eigenvalue weighted by Crippen LogP contribution is -2.33. The molecule has 0 atom stereocenters. The first-order valence-electron chi connectivity index (χ1n) is 18.2. The van der Waals surface area contributed by atoms with Crippen LogP contribution in [0.4, 0.5) is 71.8 Å². The molecular weight excluding hydrogens is 723 g/mol. The number of anilines is 8. The number of hydrogen-bond acceptors (Lipinski definition) is 4. The molecule has 0 aliphatic carbocycles. The molecule has 2 aliphatic rings. The predicted octanol–water partition coefficient (Wildman–Crippen LogP) is 13.4. The molecule has 0 spiro atoms. The van der Waals surface area contributed by atoms with E-state index >= 15 is 26.3 Å². The van der Waals surface area contributed by atoms with Crippen LogP contribution in [-0.4, -0.2) is 0 Å². The Hall–Kier alpha value is -6.16. The van der Waals surface area contributed by atoms with Gasteiger partial charge in [-0.15, -0.1) is 0 Å². The van der Waals surface area contributed by atoms with Crippen molar-refractivity contribution >= 4 is 45.5 Å². The van der Waals surface area contributed by atoms with Gasteiger partial charge >= 0.3 is 0 Å². The van der Waals surface area contributed by atoms with E-state index < -0.39 is 23.3 Å². The molecule has 2 aliphatic heterocycles. The second-order valence-corrected chi connectivity index (χ2v) is 14.8. The summed E-state index contributed by atoms with van der Waals surface area (Å²) in [5.41, 5.74) is 6.62. The van der Waals surface area contributed by atoms with Gasteiger partial charge in [0.15, 0.2) is 11.6 Å². The molecule has 0 aromatic heterocycles. The number of hydrogen-bond donors (Lipinski definition) is 0. The first-order chi connectivity index (χ1) is 26.5. The summed E-state index contributed by atoms with van der Waals surface area (Å²) in [7, 11) is 0. The summed E-state index contributed by atoms with van der Waals surface area (Å²) in [5, 5.41) is 0. The summed E-state index contributed by atoms with van der Waals surface area (Å²) in [6.45, 7) is 13.2. The molecule has 56 heavy (non-hydrogen) atoms. The van der Waals surface area contributed by atoms with E-state index in [9.17, 15) is 0 Å². The zero-order chi connectivity index (χ0) is 40.1. The Bertz CT molecular complexity index is 2410. The van der Waals surface area contributed by atoms with Gasteiger partial charge in [-0.05, 0) is 173 Å². The monoisotopic (exact) mass is 760 g/mol. The Morgan fingerprint density at radius 2 is 0.500 bits per heavy atom. The SMILES string of the molecule is Cc1cc(N2/C(=C3/N(c4cc(C)c(F)c(C)c4)c4ccc(F)cc4N3c3cc(C)c(F)c(C)c3)N(c3cc(C)c(F)c(C)c3)c3cc(F)ccc32)cc(C)c1F. The molecule has 4 nitrogen and oxygen atoms in total. The fraction of sp³-hybridized carbons (Fsp3) is 0.174. The number of rotatable bonds is 4. The smallest absolute Gasteiger partial charge is 0.166 e. The molecule has 2 heterocycles. The van der Waals surface area contributed by atoms with Gasteiger partial charge in [0.1, 0.15) is 34.9 Å². The summed E-state index contributed by atoms with van der Waals surface area (Å²) < 4.78 is 92.7. The molecule has 6 aromatic rings. The lowest BCUT2D eigenvalue weighted by molar-refractivity contribution is 0.608. The minimum absolute atomic E-state index is 0.342. The molecule has 0 fully saturated rings. The van der Waals surface area contributed by atoms with Gasteiger partial charge in [0.2, 0.25) is 0 Å². The van der Waals surface area contributed by atoms with Crippen LogP contribution in [0.1, 0.15) is 44.5 Å². The summed E-state index contributed by atoms with van der Waals surface area (Å²) in [6.07, 6.45) is 0. The van der Waals surface area contributed by atoms with Crippen molar-refractivity contribution in [1.29, 1.82) is 0 Å². The van der Waals surface area contributed by atoms with Gasteiger partial charge in [0.05, 0.1) is 22.7 Å². The Labute approximate surface area is 322 Å². The largest absolute Gasteiger partial charge is 0.291 e. The third-order valence-electron chi connectivity index (χ3n) is 10.6. The molecule has 284 valence electrons. The van der Waals surface area contributed by atoms with Gasteiger partial charge in [-0.2, -0.15) is 0 Å². The van der Waals surface area contributed by atoms with Crippen molar-refractivity contribution in [2.75, 3.05) is 19.6 Å². The van der Waals surface area contributed by atoms with Crippen LogP contribution in [-0.2, 0) is 0 Å². The van der Waals surface area contributed by atoms with E-state index in [-0.39, 0.29) is 11.6 Å². The second-order valence-electron chi connectivity index (χ2n) is 14.8. The summed E-state index contributed by atoms with van der Waals surface area (Å²) in [6, 6.07) is 22.1. The zero-order valence-electron chi connectivity index (χ0n) is 32.1. The molecule has 10 heteroatoms. The Morgan fingerprint density at radius 3 is 0.732 bits per heavy atom. The van der Waals surface area contributed by atoms with E-state index in [1.807, 2.05) is 9.80 Å². The third-order valence-corrected chi connectivity index (χ3v) is 10.6. The van der Waals surface area contributed by atoms with Crippen LogP contribution in [0.15, 0.2) is 96.6 Å². The highest BCUT2D eigenvalue weighted by atomic mass is 19.1. The maximum atomic E-state index is 15.6. The first-order valence-corrected chi connectivity index (χ1v) is 18.2. The maximum absolute atomic E-state index is 15.6. The van der Waals surface area contributed by atoms with E-state index in [1.54, 1.807) is 126 Å². The highest BCUT2D eigenvalue weighted by Gasteiger charge is 2.45. The van der Waals surface area contributed by atoms with Crippen LogP contribution in [0.25, 0.3) is 0 Å². The second kappa shape index (κ2) is 13.3. The Morgan fingerprint density at radius 1 is 0.286 bits per heavy atom. The van der Waals surface area contributed by atoms with E-state index in [2.05, 4.69) is 0 Å². The third kappa shape index (κ3) is 5.69. The summed E-state index contributed by atoms with van der Waals surface area (Å²) in [5.74, 6) is -1.90. The molecule has 6 aromatic carbocycles. The number of fused-ring (bicyclic) bond motifs is 2. The lowest BCUT2D eigenvalue weighted by atomic mass is 10.1. The van der Waals surface area contributed by atoms with E-state index in [0.717, 1.165) is 0 Å². The molecule has 0 amide bonds. The number of benzene rings is 6. The minimum Gasteiger partial charge on any atom is -0.291 e. The van der Waals surface area contributed by atoms with Gasteiger partial charge in [-0.1, -0.05) is 0 Å². The zero-order valence-corrected chi connectivity index (χ0v) is 32.1. The van der Waals surface area contributed by atoms with Crippen molar-refractivity contribution in [3.8, 4) is 0 Å². The molecular formula is C46H38F6N4. The molecule has 0 saturated carbocycles. The Kier molecular flexibility index (Phi) is 8.71. The lowest BCUT2D eigenvalue weighted by Gasteiger charge is -2.35. The number of aryl methyl sites for hydroxylation is 8. The molecule has 0 unspecified atom stereocenters. The van der Waals surface area contributed by atoms with Crippen LogP contribution in [0.2, 0.25) is 0 Å². The van der Waals surface area contributed by atoms with Crippen LogP contribution in [0.3, 0.4) is 0 Å². The number of nitrogens with zero attached hydrogens (tertiary/aromatic N) is 4. The van der Waals surface area contributed by atoms with Crippen molar-refractivity contribution in [1.82, 2.24) is 0 Å². The molecule has 0 N–H and O–H groups in total. The van der Waals surface area contributed by atoms with Crippen molar-refractivity contribution in [3.63, 3.8) is 0 Å². The van der Waals surface area contributed by atoms with Crippen molar-refractivity contribution in [3.05, 3.63) is 176 Å². The first kappa shape index (κ1) is 36.8. The Balaban J connectivity index is 1.61. The predicted molar refractivity (Wildman–Crippen MR) is 212 cm³/mol. The van der Waals surface area contributed by atoms with Crippen molar-refractivity contribution in [2.45, 2.75) is 55.4 Å². The highest BCUT2D eigenvalue weighted by molar-refractivity contribution is 6.00. The van der Waals surface area contributed by atoms with Gasteiger partial charge in [0.25, 0.3) is 0 Å². The molecule has 0 saturated heterocycles. The average Bonchev–Trinajstić information content (AvgIpc) is 3.65. The molecule has 0 bridgehead atoms. The quantitative estimate of drug-likeness (QED) is 0.166. The number of halogens is 6. The van der Waals surface area contributed by atoms with E-state index in [1.165, 1.54) is 24.3 Å². The van der Waals surface area contributed by atoms with Gasteiger partial charge in [-0.25, -0.2) is 26.3 Å². The van der Waals surface area contributed by atoms with Crippen molar-refractivity contribution < 1.29 is 26.3 Å². The van der Waals surface area contributed by atoms with Gasteiger partial charge in [-0.3, -0.25) is 19.6 Å². The van der Waals surface area contributed by atoms with Crippen LogP contribution in [0.5, 0.6) is 0 Å². The van der Waals surface area contributed by atoms with Crippen LogP contribution in [0, 0.1) is 90.3 Å². The van der Waals surface area contributed by atoms with Gasteiger partial charge < -0.3 is 0 Å². The maximum Gasteiger partial charge on any atom is 0.166 e.